The first-order valence-electron chi connectivity index (χ1n) is 12.1. The maximum absolute atomic E-state index is 12.9. The number of hydrazone groups is 1. The van der Waals surface area contributed by atoms with Crippen LogP contribution in [0.15, 0.2) is 77.8 Å². The van der Waals surface area contributed by atoms with Crippen LogP contribution in [0.3, 0.4) is 0 Å². The minimum absolute atomic E-state index is 0.0299. The van der Waals surface area contributed by atoms with E-state index in [-0.39, 0.29) is 5.91 Å². The molecule has 0 atom stereocenters. The van der Waals surface area contributed by atoms with Crippen molar-refractivity contribution in [3.63, 3.8) is 0 Å². The van der Waals surface area contributed by atoms with Crippen LogP contribution >= 0.6 is 0 Å². The zero-order valence-electron chi connectivity index (χ0n) is 19.6. The molecule has 1 saturated heterocycles. The number of hydrogen-bond donors (Lipinski definition) is 3. The summed E-state index contributed by atoms with van der Waals surface area (Å²) in [6, 6.07) is 16.4. The molecule has 2 aromatic carbocycles. The SMILES string of the molecule is O=C1Nc2ccc(C3=CC=C4N(Cc5ccc6ncccc6c5)N=CN4N3)cc2C12CCN(O)CC2. The predicted molar refractivity (Wildman–Crippen MR) is 136 cm³/mol. The van der Waals surface area contributed by atoms with E-state index in [0.717, 1.165) is 44.8 Å². The molecule has 3 N–H and O–H groups in total. The van der Waals surface area contributed by atoms with Crippen LogP contribution in [0.5, 0.6) is 0 Å². The fraction of sp³-hybridized carbons (Fsp3) is 0.222. The topological polar surface area (TPSA) is 96.3 Å². The summed E-state index contributed by atoms with van der Waals surface area (Å²) in [5, 5.41) is 23.8. The van der Waals surface area contributed by atoms with Crippen LogP contribution in [0.1, 0.15) is 29.5 Å². The molecule has 0 radical (unpaired) electrons. The molecule has 180 valence electrons. The highest BCUT2D eigenvalue weighted by Gasteiger charge is 2.48. The summed E-state index contributed by atoms with van der Waals surface area (Å²) in [7, 11) is 0. The number of fused-ring (bicyclic) bond motifs is 4. The largest absolute Gasteiger partial charge is 0.325 e. The number of anilines is 1. The maximum atomic E-state index is 12.9. The van der Waals surface area contributed by atoms with Crippen LogP contribution in [0.2, 0.25) is 0 Å². The van der Waals surface area contributed by atoms with Gasteiger partial charge < -0.3 is 10.5 Å². The number of hydrogen-bond acceptors (Lipinski definition) is 8. The molecule has 7 rings (SSSR count). The zero-order chi connectivity index (χ0) is 24.3. The number of carbonyl (C=O) groups excluding carboxylic acids is 1. The van der Waals surface area contributed by atoms with Crippen molar-refractivity contribution >= 4 is 34.5 Å². The molecular formula is C27H25N7O2. The van der Waals surface area contributed by atoms with Crippen molar-refractivity contribution in [2.24, 2.45) is 5.10 Å². The number of piperidine rings is 1. The van der Waals surface area contributed by atoms with Gasteiger partial charge in [0.1, 0.15) is 12.2 Å². The second-order valence-electron chi connectivity index (χ2n) is 9.66. The number of nitrogens with one attached hydrogen (secondary N) is 2. The van der Waals surface area contributed by atoms with E-state index in [1.165, 1.54) is 5.06 Å². The van der Waals surface area contributed by atoms with E-state index in [9.17, 15) is 10.0 Å². The molecule has 1 aromatic heterocycles. The maximum Gasteiger partial charge on any atom is 0.235 e. The van der Waals surface area contributed by atoms with Gasteiger partial charge in [0.2, 0.25) is 5.91 Å². The first-order valence-corrected chi connectivity index (χ1v) is 12.1. The number of carbonyl (C=O) groups is 1. The summed E-state index contributed by atoms with van der Waals surface area (Å²) in [4.78, 5) is 17.3. The molecular weight excluding hydrogens is 454 g/mol. The highest BCUT2D eigenvalue weighted by molar-refractivity contribution is 6.06. The zero-order valence-corrected chi connectivity index (χ0v) is 19.6. The van der Waals surface area contributed by atoms with Crippen LogP contribution in [-0.2, 0) is 16.8 Å². The lowest BCUT2D eigenvalue weighted by Gasteiger charge is -2.35. The highest BCUT2D eigenvalue weighted by Crippen LogP contribution is 2.45. The second-order valence-corrected chi connectivity index (χ2v) is 9.66. The number of nitrogens with zero attached hydrogens (tertiary/aromatic N) is 5. The molecule has 5 heterocycles. The third-order valence-corrected chi connectivity index (χ3v) is 7.58. The van der Waals surface area contributed by atoms with Gasteiger partial charge in [0.15, 0.2) is 0 Å². The van der Waals surface area contributed by atoms with Gasteiger partial charge in [-0.3, -0.25) is 15.2 Å². The lowest BCUT2D eigenvalue weighted by Crippen LogP contribution is -2.45. The molecule has 36 heavy (non-hydrogen) atoms. The summed E-state index contributed by atoms with van der Waals surface area (Å²) in [6.07, 6.45) is 8.88. The molecule has 3 aromatic rings. The van der Waals surface area contributed by atoms with E-state index in [2.05, 4.69) is 51.2 Å². The number of pyridine rings is 1. The Labute approximate surface area is 207 Å². The number of aromatic nitrogens is 1. The molecule has 0 aliphatic carbocycles. The van der Waals surface area contributed by atoms with Crippen LogP contribution in [0, 0.1) is 0 Å². The van der Waals surface area contributed by atoms with E-state index in [1.54, 1.807) is 12.5 Å². The normalized spacial score (nSPS) is 20.2. The summed E-state index contributed by atoms with van der Waals surface area (Å²) in [5.74, 6) is 0.970. The van der Waals surface area contributed by atoms with Crippen LogP contribution < -0.4 is 10.7 Å². The van der Waals surface area contributed by atoms with E-state index in [4.69, 9.17) is 0 Å². The van der Waals surface area contributed by atoms with Crippen LogP contribution in [0.4, 0.5) is 5.69 Å². The fourth-order valence-electron chi connectivity index (χ4n) is 5.57. The van der Waals surface area contributed by atoms with Gasteiger partial charge in [-0.1, -0.05) is 18.2 Å². The fourth-order valence-corrected chi connectivity index (χ4v) is 5.57. The van der Waals surface area contributed by atoms with Gasteiger partial charge in [0.25, 0.3) is 0 Å². The van der Waals surface area contributed by atoms with E-state index in [0.29, 0.717) is 32.5 Å². The molecule has 0 saturated carbocycles. The number of allylic oxidation sites excluding steroid dienone is 2. The van der Waals surface area contributed by atoms with Crippen molar-refractivity contribution < 1.29 is 10.0 Å². The quantitative estimate of drug-likeness (QED) is 0.530. The van der Waals surface area contributed by atoms with Crippen molar-refractivity contribution in [2.75, 3.05) is 18.4 Å². The number of amides is 1. The molecule has 1 amide bonds. The summed E-state index contributed by atoms with van der Waals surface area (Å²) in [6.45, 7) is 1.61. The summed E-state index contributed by atoms with van der Waals surface area (Å²) >= 11 is 0. The van der Waals surface area contributed by atoms with Crippen molar-refractivity contribution in [3.8, 4) is 0 Å². The van der Waals surface area contributed by atoms with E-state index in [1.807, 2.05) is 40.4 Å². The Bertz CT molecular complexity index is 1490. The summed E-state index contributed by atoms with van der Waals surface area (Å²) in [5.41, 5.74) is 8.81. The van der Waals surface area contributed by atoms with Crippen molar-refractivity contribution in [1.82, 2.24) is 25.5 Å². The smallest absolute Gasteiger partial charge is 0.235 e. The third kappa shape index (κ3) is 3.28. The van der Waals surface area contributed by atoms with Gasteiger partial charge in [-0.2, -0.15) is 10.2 Å². The van der Waals surface area contributed by atoms with Crippen LogP contribution in [0.25, 0.3) is 16.6 Å². The van der Waals surface area contributed by atoms with E-state index < -0.39 is 5.41 Å². The monoisotopic (exact) mass is 479 g/mol. The Morgan fingerprint density at radius 3 is 2.83 bits per heavy atom. The molecule has 9 nitrogen and oxygen atoms in total. The molecule has 0 unspecified atom stereocenters. The van der Waals surface area contributed by atoms with Crippen molar-refractivity contribution in [2.45, 2.75) is 24.8 Å². The lowest BCUT2D eigenvalue weighted by molar-refractivity contribution is -0.135. The Morgan fingerprint density at radius 2 is 1.94 bits per heavy atom. The number of benzene rings is 2. The number of hydroxylamine groups is 2. The lowest BCUT2D eigenvalue weighted by atomic mass is 9.73. The average molecular weight is 480 g/mol. The average Bonchev–Trinajstić information content (AvgIpc) is 3.43. The first kappa shape index (κ1) is 21.1. The molecule has 0 bridgehead atoms. The van der Waals surface area contributed by atoms with Gasteiger partial charge in [-0.25, -0.2) is 10.0 Å². The first-order chi connectivity index (χ1) is 17.6. The number of hydrazine groups is 1. The van der Waals surface area contributed by atoms with Gasteiger partial charge >= 0.3 is 0 Å². The Kier molecular flexibility index (Phi) is 4.63. The third-order valence-electron chi connectivity index (χ3n) is 7.58. The van der Waals surface area contributed by atoms with Gasteiger partial charge in [0.05, 0.1) is 23.2 Å². The number of rotatable bonds is 3. The molecule has 9 heteroatoms. The Hall–Kier alpha value is -4.21. The van der Waals surface area contributed by atoms with E-state index >= 15 is 0 Å². The Balaban J connectivity index is 1.15. The molecule has 4 aliphatic rings. The van der Waals surface area contributed by atoms with Crippen molar-refractivity contribution in [3.05, 3.63) is 89.4 Å². The van der Waals surface area contributed by atoms with Gasteiger partial charge in [-0.15, -0.1) is 0 Å². The predicted octanol–water partition coefficient (Wildman–Crippen LogP) is 3.37. The molecule has 1 fully saturated rings. The second kappa shape index (κ2) is 7.91. The standard InChI is InChI=1S/C27H25N7O2/c35-26-27(9-12-32(36)13-10-27)21-15-20(4-6-24(21)30-26)23-7-8-25-33(29-17-34(25)31-23)16-18-3-5-22-19(14-18)2-1-11-28-22/h1-8,11,14-15,17,31,36H,9-10,12-13,16H2,(H,30,35). The Morgan fingerprint density at radius 1 is 1.06 bits per heavy atom. The highest BCUT2D eigenvalue weighted by atomic mass is 16.5. The van der Waals surface area contributed by atoms with Crippen molar-refractivity contribution in [1.29, 1.82) is 0 Å². The summed E-state index contributed by atoms with van der Waals surface area (Å²) < 4.78 is 0. The minimum atomic E-state index is -0.581. The molecule has 4 aliphatic heterocycles. The van der Waals surface area contributed by atoms with Gasteiger partial charge in [0, 0.05) is 30.4 Å². The van der Waals surface area contributed by atoms with Gasteiger partial charge in [-0.05, 0) is 72.0 Å². The van der Waals surface area contributed by atoms with Crippen LogP contribution in [-0.4, -0.2) is 50.6 Å². The minimum Gasteiger partial charge on any atom is -0.325 e. The molecule has 1 spiro atoms.